The first-order valence-corrected chi connectivity index (χ1v) is 7.64. The normalized spacial score (nSPS) is 10.3. The van der Waals surface area contributed by atoms with Crippen LogP contribution in [0.2, 0.25) is 0 Å². The Morgan fingerprint density at radius 1 is 0.800 bits per heavy atom. The van der Waals surface area contributed by atoms with E-state index in [2.05, 4.69) is 0 Å². The van der Waals surface area contributed by atoms with E-state index in [4.69, 9.17) is 9.47 Å². The number of hydrogen-bond donors (Lipinski definition) is 0. The zero-order valence-electron chi connectivity index (χ0n) is 13.9. The number of nitrogens with zero attached hydrogens (tertiary/aromatic N) is 2. The molecule has 0 radical (unpaired) electrons. The zero-order valence-corrected chi connectivity index (χ0v) is 13.9. The van der Waals surface area contributed by atoms with E-state index in [0.717, 1.165) is 11.1 Å². The van der Waals surface area contributed by atoms with Gasteiger partial charge < -0.3 is 9.47 Å². The van der Waals surface area contributed by atoms with Crippen LogP contribution in [0.4, 0.5) is 11.4 Å². The number of ether oxygens (including phenoxy) is 2. The van der Waals surface area contributed by atoms with E-state index in [-0.39, 0.29) is 36.1 Å². The maximum absolute atomic E-state index is 11.0. The summed E-state index contributed by atoms with van der Waals surface area (Å²) in [4.78, 5) is 21.0. The minimum Gasteiger partial charge on any atom is -0.487 e. The highest BCUT2D eigenvalue weighted by atomic mass is 16.6. The molecule has 0 unspecified atom stereocenters. The summed E-state index contributed by atoms with van der Waals surface area (Å²) in [5.74, 6) is 0.401. The van der Waals surface area contributed by atoms with Crippen LogP contribution >= 0.6 is 0 Å². The van der Waals surface area contributed by atoms with Crippen LogP contribution in [0.15, 0.2) is 36.4 Å². The highest BCUT2D eigenvalue weighted by Crippen LogP contribution is 2.29. The first-order chi connectivity index (χ1) is 11.9. The molecule has 132 valence electrons. The van der Waals surface area contributed by atoms with Gasteiger partial charge in [-0.15, -0.1) is 0 Å². The van der Waals surface area contributed by atoms with Gasteiger partial charge >= 0.3 is 11.4 Å². The Hall–Kier alpha value is -3.16. The molecular weight excluding hydrogens is 328 g/mol. The van der Waals surface area contributed by atoms with Crippen molar-refractivity contribution in [3.63, 3.8) is 0 Å². The second-order valence-electron chi connectivity index (χ2n) is 5.51. The second-order valence-corrected chi connectivity index (χ2v) is 5.51. The van der Waals surface area contributed by atoms with Crippen molar-refractivity contribution in [2.24, 2.45) is 0 Å². The number of rotatable bonds is 8. The molecular formula is C17H18N2O6. The van der Waals surface area contributed by atoms with Gasteiger partial charge in [-0.3, -0.25) is 20.2 Å². The minimum atomic E-state index is -0.499. The van der Waals surface area contributed by atoms with Crippen LogP contribution < -0.4 is 9.47 Å². The molecule has 0 N–H and O–H groups in total. The molecule has 0 fully saturated rings. The highest BCUT2D eigenvalue weighted by molar-refractivity contribution is 5.49. The molecule has 0 aliphatic carbocycles. The Balaban J connectivity index is 1.91. The molecule has 2 rings (SSSR count). The third-order valence-corrected chi connectivity index (χ3v) is 3.43. The quantitative estimate of drug-likeness (QED) is 0.407. The molecule has 8 heteroatoms. The summed E-state index contributed by atoms with van der Waals surface area (Å²) in [7, 11) is 0. The van der Waals surface area contributed by atoms with E-state index in [1.54, 1.807) is 24.3 Å². The lowest BCUT2D eigenvalue weighted by Gasteiger charge is -2.09. The van der Waals surface area contributed by atoms with Crippen LogP contribution in [0.5, 0.6) is 11.5 Å². The monoisotopic (exact) mass is 346 g/mol. The number of benzene rings is 2. The van der Waals surface area contributed by atoms with Gasteiger partial charge in [0.05, 0.1) is 23.1 Å². The fraction of sp³-hybridized carbons (Fsp3) is 0.294. The van der Waals surface area contributed by atoms with Gasteiger partial charge in [-0.05, 0) is 37.1 Å². The average Bonchev–Trinajstić information content (AvgIpc) is 2.54. The molecule has 0 amide bonds. The summed E-state index contributed by atoms with van der Waals surface area (Å²) in [6, 6.07) is 9.29. The molecule has 25 heavy (non-hydrogen) atoms. The lowest BCUT2D eigenvalue weighted by molar-refractivity contribution is -0.385. The van der Waals surface area contributed by atoms with E-state index in [1.807, 2.05) is 13.8 Å². The van der Waals surface area contributed by atoms with Gasteiger partial charge in [0.25, 0.3) is 0 Å². The van der Waals surface area contributed by atoms with E-state index in [1.165, 1.54) is 12.1 Å². The van der Waals surface area contributed by atoms with Crippen LogP contribution in [0, 0.1) is 34.1 Å². The third-order valence-electron chi connectivity index (χ3n) is 3.43. The minimum absolute atomic E-state index is 0.0964. The van der Waals surface area contributed by atoms with E-state index in [9.17, 15) is 20.2 Å². The maximum Gasteiger partial charge on any atom is 0.310 e. The standard InChI is InChI=1S/C17H18N2O6/c1-12-4-6-14(18(20)21)16(10-12)24-8-3-9-25-17-11-13(2)5-7-15(17)19(22)23/h4-7,10-11H,3,8-9H2,1-2H3. The van der Waals surface area contributed by atoms with Crippen molar-refractivity contribution in [1.29, 1.82) is 0 Å². The second kappa shape index (κ2) is 8.09. The van der Waals surface area contributed by atoms with Gasteiger partial charge in [0.1, 0.15) is 0 Å². The van der Waals surface area contributed by atoms with Crippen molar-refractivity contribution in [2.75, 3.05) is 13.2 Å². The molecule has 0 saturated carbocycles. The van der Waals surface area contributed by atoms with Crippen molar-refractivity contribution >= 4 is 11.4 Å². The summed E-state index contributed by atoms with van der Waals surface area (Å²) in [5, 5.41) is 22.0. The first kappa shape index (κ1) is 18.2. The number of nitro benzene ring substituents is 2. The van der Waals surface area contributed by atoms with Crippen LogP contribution in [0.3, 0.4) is 0 Å². The summed E-state index contributed by atoms with van der Waals surface area (Å²) < 4.78 is 10.9. The maximum atomic E-state index is 11.0. The molecule has 0 aliphatic rings. The van der Waals surface area contributed by atoms with Crippen molar-refractivity contribution in [2.45, 2.75) is 20.3 Å². The lowest BCUT2D eigenvalue weighted by Crippen LogP contribution is -2.07. The summed E-state index contributed by atoms with van der Waals surface area (Å²) in [6.07, 6.45) is 0.427. The van der Waals surface area contributed by atoms with Crippen molar-refractivity contribution in [3.05, 3.63) is 67.8 Å². The number of hydrogen-bond acceptors (Lipinski definition) is 6. The van der Waals surface area contributed by atoms with Gasteiger partial charge in [0, 0.05) is 18.6 Å². The van der Waals surface area contributed by atoms with Crippen molar-refractivity contribution in [1.82, 2.24) is 0 Å². The molecule has 2 aromatic rings. The number of aryl methyl sites for hydroxylation is 2. The predicted octanol–water partition coefficient (Wildman–Crippen LogP) is 3.97. The summed E-state index contributed by atoms with van der Waals surface area (Å²) in [5.41, 5.74) is 1.51. The SMILES string of the molecule is Cc1ccc([N+](=O)[O-])c(OCCCOc2cc(C)ccc2[N+](=O)[O-])c1. The highest BCUT2D eigenvalue weighted by Gasteiger charge is 2.16. The van der Waals surface area contributed by atoms with Crippen LogP contribution in [-0.2, 0) is 0 Å². The Bertz CT molecular complexity index is 725. The van der Waals surface area contributed by atoms with Gasteiger partial charge in [-0.2, -0.15) is 0 Å². The Morgan fingerprint density at radius 3 is 1.56 bits per heavy atom. The lowest BCUT2D eigenvalue weighted by atomic mass is 10.2. The van der Waals surface area contributed by atoms with E-state index in [0.29, 0.717) is 6.42 Å². The molecule has 0 heterocycles. The smallest absolute Gasteiger partial charge is 0.310 e. The fourth-order valence-electron chi connectivity index (χ4n) is 2.20. The molecule has 8 nitrogen and oxygen atoms in total. The predicted molar refractivity (Wildman–Crippen MR) is 91.3 cm³/mol. The van der Waals surface area contributed by atoms with Gasteiger partial charge in [-0.25, -0.2) is 0 Å². The van der Waals surface area contributed by atoms with Gasteiger partial charge in [0.2, 0.25) is 0 Å². The van der Waals surface area contributed by atoms with Gasteiger partial charge in [-0.1, -0.05) is 12.1 Å². The molecule has 0 atom stereocenters. The van der Waals surface area contributed by atoms with Crippen molar-refractivity contribution < 1.29 is 19.3 Å². The average molecular weight is 346 g/mol. The largest absolute Gasteiger partial charge is 0.487 e. The fourth-order valence-corrected chi connectivity index (χ4v) is 2.20. The third kappa shape index (κ3) is 4.90. The molecule has 0 aromatic heterocycles. The molecule has 2 aromatic carbocycles. The topological polar surface area (TPSA) is 105 Å². The Morgan fingerprint density at radius 2 is 1.20 bits per heavy atom. The zero-order chi connectivity index (χ0) is 18.4. The molecule has 0 aliphatic heterocycles. The molecule has 0 spiro atoms. The first-order valence-electron chi connectivity index (χ1n) is 7.64. The van der Waals surface area contributed by atoms with Gasteiger partial charge in [0.15, 0.2) is 11.5 Å². The summed E-state index contributed by atoms with van der Waals surface area (Å²) >= 11 is 0. The van der Waals surface area contributed by atoms with Crippen LogP contribution in [-0.4, -0.2) is 23.1 Å². The van der Waals surface area contributed by atoms with E-state index < -0.39 is 9.85 Å². The molecule has 0 saturated heterocycles. The Labute approximate surface area is 144 Å². The number of nitro groups is 2. The van der Waals surface area contributed by atoms with Crippen LogP contribution in [0.25, 0.3) is 0 Å². The van der Waals surface area contributed by atoms with Crippen molar-refractivity contribution in [3.8, 4) is 11.5 Å². The van der Waals surface area contributed by atoms with E-state index >= 15 is 0 Å². The summed E-state index contributed by atoms with van der Waals surface area (Å²) in [6.45, 7) is 4.03. The molecule has 0 bridgehead atoms. The van der Waals surface area contributed by atoms with Crippen LogP contribution in [0.1, 0.15) is 17.5 Å². The Kier molecular flexibility index (Phi) is 5.89.